The zero-order valence-corrected chi connectivity index (χ0v) is 15.1. The van der Waals surface area contributed by atoms with Crippen LogP contribution in [0.5, 0.6) is 11.5 Å². The fraction of sp³-hybridized carbons (Fsp3) is 0.400. The number of amides is 1. The maximum Gasteiger partial charge on any atom is 0.260 e. The lowest BCUT2D eigenvalue weighted by Crippen LogP contribution is -2.38. The Bertz CT molecular complexity index is 691. The molecule has 1 fully saturated rings. The molecule has 0 atom stereocenters. The van der Waals surface area contributed by atoms with Gasteiger partial charge in [0.05, 0.1) is 6.61 Å². The smallest absolute Gasteiger partial charge is 0.260 e. The normalized spacial score (nSPS) is 14.7. The summed E-state index contributed by atoms with van der Waals surface area (Å²) in [7, 11) is 0. The van der Waals surface area contributed by atoms with Crippen LogP contribution in [-0.2, 0) is 4.79 Å². The summed E-state index contributed by atoms with van der Waals surface area (Å²) in [5, 5.41) is 0. The molecular formula is C20H25N3O3. The zero-order chi connectivity index (χ0) is 18.2. The van der Waals surface area contributed by atoms with Gasteiger partial charge < -0.3 is 19.3 Å². The molecule has 6 nitrogen and oxygen atoms in total. The van der Waals surface area contributed by atoms with Gasteiger partial charge in [-0.3, -0.25) is 9.78 Å². The second kappa shape index (κ2) is 9.08. The molecule has 0 unspecified atom stereocenters. The number of hydrogen-bond acceptors (Lipinski definition) is 5. The van der Waals surface area contributed by atoms with Crippen molar-refractivity contribution in [1.29, 1.82) is 0 Å². The predicted octanol–water partition coefficient (Wildman–Crippen LogP) is 2.60. The molecule has 1 aliphatic rings. The van der Waals surface area contributed by atoms with Gasteiger partial charge in [-0.15, -0.1) is 0 Å². The third-order valence-electron chi connectivity index (χ3n) is 4.37. The number of aromatic nitrogens is 1. The number of anilines is 1. The van der Waals surface area contributed by atoms with Crippen molar-refractivity contribution >= 4 is 11.6 Å². The highest BCUT2D eigenvalue weighted by molar-refractivity contribution is 5.78. The Balaban J connectivity index is 1.49. The van der Waals surface area contributed by atoms with Gasteiger partial charge >= 0.3 is 0 Å². The summed E-state index contributed by atoms with van der Waals surface area (Å²) in [6.07, 6.45) is 4.54. The van der Waals surface area contributed by atoms with Crippen molar-refractivity contribution < 1.29 is 14.3 Å². The van der Waals surface area contributed by atoms with E-state index in [0.717, 1.165) is 37.5 Å². The Morgan fingerprint density at radius 2 is 1.65 bits per heavy atom. The van der Waals surface area contributed by atoms with Crippen molar-refractivity contribution in [2.75, 3.05) is 44.3 Å². The summed E-state index contributed by atoms with van der Waals surface area (Å²) in [5.41, 5.74) is 1.15. The Hall–Kier alpha value is -2.76. The third kappa shape index (κ3) is 4.88. The SMILES string of the molecule is CCOc1ccc(OCC(=O)N2CCCN(c3ccncc3)CC2)cc1. The van der Waals surface area contributed by atoms with Gasteiger partial charge in [0.25, 0.3) is 5.91 Å². The second-order valence-corrected chi connectivity index (χ2v) is 6.12. The van der Waals surface area contributed by atoms with Crippen LogP contribution in [-0.4, -0.2) is 55.2 Å². The van der Waals surface area contributed by atoms with E-state index in [-0.39, 0.29) is 12.5 Å². The molecule has 26 heavy (non-hydrogen) atoms. The lowest BCUT2D eigenvalue weighted by atomic mass is 10.3. The first-order valence-corrected chi connectivity index (χ1v) is 9.04. The summed E-state index contributed by atoms with van der Waals surface area (Å²) in [6.45, 7) is 5.85. The Kier molecular flexibility index (Phi) is 6.30. The van der Waals surface area contributed by atoms with Crippen LogP contribution in [0.2, 0.25) is 0 Å². The van der Waals surface area contributed by atoms with Crippen molar-refractivity contribution in [3.8, 4) is 11.5 Å². The van der Waals surface area contributed by atoms with Crippen molar-refractivity contribution in [1.82, 2.24) is 9.88 Å². The van der Waals surface area contributed by atoms with E-state index in [0.29, 0.717) is 18.9 Å². The minimum absolute atomic E-state index is 0.0236. The minimum Gasteiger partial charge on any atom is -0.494 e. The van der Waals surface area contributed by atoms with Gasteiger partial charge in [0.1, 0.15) is 11.5 Å². The topological polar surface area (TPSA) is 54.9 Å². The monoisotopic (exact) mass is 355 g/mol. The average Bonchev–Trinajstić information content (AvgIpc) is 2.94. The number of rotatable bonds is 6. The number of carbonyl (C=O) groups excluding carboxylic acids is 1. The van der Waals surface area contributed by atoms with Gasteiger partial charge in [-0.25, -0.2) is 0 Å². The van der Waals surface area contributed by atoms with Crippen molar-refractivity contribution in [2.24, 2.45) is 0 Å². The second-order valence-electron chi connectivity index (χ2n) is 6.12. The van der Waals surface area contributed by atoms with E-state index < -0.39 is 0 Å². The summed E-state index contributed by atoms with van der Waals surface area (Å²) in [4.78, 5) is 20.7. The number of carbonyl (C=O) groups is 1. The quantitative estimate of drug-likeness (QED) is 0.797. The first kappa shape index (κ1) is 18.0. The maximum absolute atomic E-state index is 12.5. The largest absolute Gasteiger partial charge is 0.494 e. The fourth-order valence-electron chi connectivity index (χ4n) is 3.02. The summed E-state index contributed by atoms with van der Waals surface area (Å²) < 4.78 is 11.0. The molecule has 6 heteroatoms. The van der Waals surface area contributed by atoms with Crippen LogP contribution >= 0.6 is 0 Å². The van der Waals surface area contributed by atoms with E-state index in [1.165, 1.54) is 0 Å². The Morgan fingerprint density at radius 1 is 0.962 bits per heavy atom. The molecule has 1 aliphatic heterocycles. The van der Waals surface area contributed by atoms with E-state index in [2.05, 4.69) is 9.88 Å². The molecular weight excluding hydrogens is 330 g/mol. The van der Waals surface area contributed by atoms with Crippen LogP contribution < -0.4 is 14.4 Å². The first-order chi connectivity index (χ1) is 12.8. The van der Waals surface area contributed by atoms with Crippen molar-refractivity contribution in [3.63, 3.8) is 0 Å². The molecule has 0 radical (unpaired) electrons. The van der Waals surface area contributed by atoms with Crippen molar-refractivity contribution in [3.05, 3.63) is 48.8 Å². The Labute approximate surface area is 154 Å². The zero-order valence-electron chi connectivity index (χ0n) is 15.1. The van der Waals surface area contributed by atoms with Crippen molar-refractivity contribution in [2.45, 2.75) is 13.3 Å². The highest BCUT2D eigenvalue weighted by atomic mass is 16.5. The standard InChI is InChI=1S/C20H25N3O3/c1-2-25-18-4-6-19(7-5-18)26-16-20(24)23-13-3-12-22(14-15-23)17-8-10-21-11-9-17/h4-11H,2-3,12-16H2,1H3. The number of ether oxygens (including phenoxy) is 2. The highest BCUT2D eigenvalue weighted by Crippen LogP contribution is 2.18. The van der Waals surface area contributed by atoms with Crippen LogP contribution in [0.4, 0.5) is 5.69 Å². The van der Waals surface area contributed by atoms with E-state index >= 15 is 0 Å². The Morgan fingerprint density at radius 3 is 2.35 bits per heavy atom. The molecule has 1 amide bonds. The molecule has 1 saturated heterocycles. The minimum atomic E-state index is 0.0236. The summed E-state index contributed by atoms with van der Waals surface area (Å²) in [6, 6.07) is 11.4. The lowest BCUT2D eigenvalue weighted by Gasteiger charge is -2.23. The van der Waals surface area contributed by atoms with Gasteiger partial charge in [-0.05, 0) is 49.7 Å². The van der Waals surface area contributed by atoms with Gasteiger partial charge in [0.2, 0.25) is 0 Å². The van der Waals surface area contributed by atoms with E-state index in [1.807, 2.05) is 48.2 Å². The molecule has 2 aromatic rings. The molecule has 2 heterocycles. The van der Waals surface area contributed by atoms with E-state index in [9.17, 15) is 4.79 Å². The number of hydrogen-bond donors (Lipinski definition) is 0. The molecule has 0 spiro atoms. The number of benzene rings is 1. The average molecular weight is 355 g/mol. The molecule has 1 aromatic heterocycles. The van der Waals surface area contributed by atoms with E-state index in [4.69, 9.17) is 9.47 Å². The van der Waals surface area contributed by atoms with Crippen LogP contribution in [0.1, 0.15) is 13.3 Å². The molecule has 0 bridgehead atoms. The van der Waals surface area contributed by atoms with Gasteiger partial charge in [0.15, 0.2) is 6.61 Å². The summed E-state index contributed by atoms with van der Waals surface area (Å²) in [5.74, 6) is 1.50. The molecule has 0 saturated carbocycles. The van der Waals surface area contributed by atoms with Gasteiger partial charge in [-0.1, -0.05) is 0 Å². The number of pyridine rings is 1. The van der Waals surface area contributed by atoms with Crippen LogP contribution in [0.25, 0.3) is 0 Å². The first-order valence-electron chi connectivity index (χ1n) is 9.04. The molecule has 0 N–H and O–H groups in total. The number of nitrogens with zero attached hydrogens (tertiary/aromatic N) is 3. The van der Waals surface area contributed by atoms with Gasteiger partial charge in [-0.2, -0.15) is 0 Å². The van der Waals surface area contributed by atoms with Crippen LogP contribution in [0, 0.1) is 0 Å². The predicted molar refractivity (Wildman–Crippen MR) is 101 cm³/mol. The van der Waals surface area contributed by atoms with Crippen LogP contribution in [0.15, 0.2) is 48.8 Å². The highest BCUT2D eigenvalue weighted by Gasteiger charge is 2.19. The molecule has 3 rings (SSSR count). The molecule has 1 aromatic carbocycles. The summed E-state index contributed by atoms with van der Waals surface area (Å²) >= 11 is 0. The lowest BCUT2D eigenvalue weighted by molar-refractivity contribution is -0.133. The van der Waals surface area contributed by atoms with E-state index in [1.54, 1.807) is 12.4 Å². The van der Waals surface area contributed by atoms with Crippen LogP contribution in [0.3, 0.4) is 0 Å². The maximum atomic E-state index is 12.5. The molecule has 138 valence electrons. The van der Waals surface area contributed by atoms with Gasteiger partial charge in [0, 0.05) is 44.3 Å². The molecule has 0 aliphatic carbocycles. The third-order valence-corrected chi connectivity index (χ3v) is 4.37. The fourth-order valence-corrected chi connectivity index (χ4v) is 3.02.